The standard InChI is InChI=1S/C13H17NO5S/c15-13(16)11-5-3-10(4-6-11)9-20(17,18)14-12-2-1-7-19-8-12/h3-6,12,14H,1-2,7-9H2,(H,15,16). The van der Waals surface area contributed by atoms with E-state index in [4.69, 9.17) is 9.84 Å². The number of carbonyl (C=O) groups is 1. The average Bonchev–Trinajstić information content (AvgIpc) is 2.39. The van der Waals surface area contributed by atoms with Crippen molar-refractivity contribution in [2.24, 2.45) is 0 Å². The highest BCUT2D eigenvalue weighted by atomic mass is 32.2. The molecule has 1 saturated heterocycles. The molecule has 0 spiro atoms. The summed E-state index contributed by atoms with van der Waals surface area (Å²) in [6, 6.07) is 5.65. The summed E-state index contributed by atoms with van der Waals surface area (Å²) in [7, 11) is -3.44. The Bertz CT molecular complexity index is 561. The lowest BCUT2D eigenvalue weighted by Gasteiger charge is -2.22. The Balaban J connectivity index is 1.98. The molecular weight excluding hydrogens is 282 g/mol. The molecule has 20 heavy (non-hydrogen) atoms. The molecule has 1 aromatic carbocycles. The molecule has 0 aliphatic carbocycles. The zero-order valence-corrected chi connectivity index (χ0v) is 11.7. The maximum Gasteiger partial charge on any atom is 0.335 e. The summed E-state index contributed by atoms with van der Waals surface area (Å²) in [5, 5.41) is 8.78. The highest BCUT2D eigenvalue weighted by Gasteiger charge is 2.20. The number of hydrogen-bond acceptors (Lipinski definition) is 4. The molecule has 1 unspecified atom stereocenters. The van der Waals surface area contributed by atoms with E-state index in [1.807, 2.05) is 0 Å². The Morgan fingerprint density at radius 1 is 1.35 bits per heavy atom. The van der Waals surface area contributed by atoms with Gasteiger partial charge in [0.1, 0.15) is 0 Å². The van der Waals surface area contributed by atoms with E-state index in [1.165, 1.54) is 24.3 Å². The number of aromatic carboxylic acids is 1. The minimum Gasteiger partial charge on any atom is -0.478 e. The van der Waals surface area contributed by atoms with Gasteiger partial charge in [0.2, 0.25) is 10.0 Å². The molecule has 110 valence electrons. The third-order valence-corrected chi connectivity index (χ3v) is 4.47. The molecular formula is C13H17NO5S. The van der Waals surface area contributed by atoms with Crippen molar-refractivity contribution in [1.82, 2.24) is 4.72 Å². The predicted octanol–water partition coefficient (Wildman–Crippen LogP) is 0.983. The third-order valence-electron chi connectivity index (χ3n) is 3.06. The summed E-state index contributed by atoms with van der Waals surface area (Å²) < 4.78 is 31.8. The largest absolute Gasteiger partial charge is 0.478 e. The van der Waals surface area contributed by atoms with Gasteiger partial charge in [-0.2, -0.15) is 0 Å². The van der Waals surface area contributed by atoms with Crippen molar-refractivity contribution in [3.05, 3.63) is 35.4 Å². The van der Waals surface area contributed by atoms with Gasteiger partial charge < -0.3 is 9.84 Å². The summed E-state index contributed by atoms with van der Waals surface area (Å²) in [4.78, 5) is 10.7. The molecule has 1 fully saturated rings. The van der Waals surface area contributed by atoms with Crippen LogP contribution in [0.1, 0.15) is 28.8 Å². The van der Waals surface area contributed by atoms with Gasteiger partial charge in [0, 0.05) is 12.6 Å². The van der Waals surface area contributed by atoms with Crippen LogP contribution in [0.25, 0.3) is 0 Å². The number of ether oxygens (including phenoxy) is 1. The van der Waals surface area contributed by atoms with Crippen molar-refractivity contribution < 1.29 is 23.1 Å². The molecule has 6 nitrogen and oxygen atoms in total. The molecule has 1 atom stereocenters. The number of carboxylic acids is 1. The van der Waals surface area contributed by atoms with Crippen molar-refractivity contribution in [3.63, 3.8) is 0 Å². The maximum atomic E-state index is 12.0. The quantitative estimate of drug-likeness (QED) is 0.845. The van der Waals surface area contributed by atoms with Crippen LogP contribution in [0.3, 0.4) is 0 Å². The fraction of sp³-hybridized carbons (Fsp3) is 0.462. The van der Waals surface area contributed by atoms with Crippen LogP contribution in [0.15, 0.2) is 24.3 Å². The van der Waals surface area contributed by atoms with Crippen LogP contribution >= 0.6 is 0 Å². The second-order valence-electron chi connectivity index (χ2n) is 4.79. The van der Waals surface area contributed by atoms with Crippen LogP contribution in [0.5, 0.6) is 0 Å². The molecule has 1 heterocycles. The van der Waals surface area contributed by atoms with E-state index in [9.17, 15) is 13.2 Å². The second-order valence-corrected chi connectivity index (χ2v) is 6.55. The zero-order chi connectivity index (χ0) is 14.6. The molecule has 1 aliphatic rings. The molecule has 7 heteroatoms. The first kappa shape index (κ1) is 15.0. The molecule has 1 aliphatic heterocycles. The Morgan fingerprint density at radius 2 is 2.05 bits per heavy atom. The predicted molar refractivity (Wildman–Crippen MR) is 73.0 cm³/mol. The van der Waals surface area contributed by atoms with E-state index < -0.39 is 16.0 Å². The Labute approximate surface area is 117 Å². The number of rotatable bonds is 5. The SMILES string of the molecule is O=C(O)c1ccc(CS(=O)(=O)NC2CCCOC2)cc1. The average molecular weight is 299 g/mol. The van der Waals surface area contributed by atoms with Gasteiger partial charge >= 0.3 is 5.97 Å². The van der Waals surface area contributed by atoms with Gasteiger partial charge in [-0.3, -0.25) is 0 Å². The monoisotopic (exact) mass is 299 g/mol. The van der Waals surface area contributed by atoms with Crippen LogP contribution in [-0.2, 0) is 20.5 Å². The van der Waals surface area contributed by atoms with Crippen LogP contribution in [-0.4, -0.2) is 38.7 Å². The van der Waals surface area contributed by atoms with Crippen molar-refractivity contribution in [2.75, 3.05) is 13.2 Å². The summed E-state index contributed by atoms with van der Waals surface area (Å²) in [5.74, 6) is -1.19. The summed E-state index contributed by atoms with van der Waals surface area (Å²) in [6.07, 6.45) is 1.62. The first-order valence-electron chi connectivity index (χ1n) is 6.36. The van der Waals surface area contributed by atoms with E-state index >= 15 is 0 Å². The smallest absolute Gasteiger partial charge is 0.335 e. The van der Waals surface area contributed by atoms with Gasteiger partial charge in [-0.1, -0.05) is 12.1 Å². The van der Waals surface area contributed by atoms with Gasteiger partial charge in [-0.05, 0) is 30.5 Å². The van der Waals surface area contributed by atoms with Gasteiger partial charge in [-0.25, -0.2) is 17.9 Å². The normalized spacial score (nSPS) is 19.7. The van der Waals surface area contributed by atoms with Gasteiger partial charge in [-0.15, -0.1) is 0 Å². The van der Waals surface area contributed by atoms with Crippen molar-refractivity contribution in [2.45, 2.75) is 24.6 Å². The van der Waals surface area contributed by atoms with Gasteiger partial charge in [0.25, 0.3) is 0 Å². The Hall–Kier alpha value is -1.44. The minimum absolute atomic E-state index is 0.139. The Kier molecular flexibility index (Phi) is 4.74. The van der Waals surface area contributed by atoms with E-state index in [2.05, 4.69) is 4.72 Å². The van der Waals surface area contributed by atoms with E-state index in [1.54, 1.807) is 0 Å². The summed E-state index contributed by atoms with van der Waals surface area (Å²) in [6.45, 7) is 1.08. The van der Waals surface area contributed by atoms with Crippen LogP contribution < -0.4 is 4.72 Å². The lowest BCUT2D eigenvalue weighted by molar-refractivity contribution is 0.0697. The van der Waals surface area contributed by atoms with Gasteiger partial charge in [0.15, 0.2) is 0 Å². The lowest BCUT2D eigenvalue weighted by atomic mass is 10.1. The van der Waals surface area contributed by atoms with Crippen LogP contribution in [0.2, 0.25) is 0 Å². The van der Waals surface area contributed by atoms with E-state index in [0.717, 1.165) is 12.8 Å². The molecule has 2 N–H and O–H groups in total. The number of nitrogens with one attached hydrogen (secondary N) is 1. The topological polar surface area (TPSA) is 92.7 Å². The van der Waals surface area contributed by atoms with Crippen molar-refractivity contribution in [3.8, 4) is 0 Å². The molecule has 2 rings (SSSR count). The summed E-state index contributed by atoms with van der Waals surface area (Å²) in [5.41, 5.74) is 0.694. The number of benzene rings is 1. The highest BCUT2D eigenvalue weighted by molar-refractivity contribution is 7.88. The zero-order valence-electron chi connectivity index (χ0n) is 10.9. The van der Waals surface area contributed by atoms with Gasteiger partial charge in [0.05, 0.1) is 17.9 Å². The lowest BCUT2D eigenvalue weighted by Crippen LogP contribution is -2.41. The molecule has 0 aromatic heterocycles. The molecule has 0 amide bonds. The molecule has 0 bridgehead atoms. The van der Waals surface area contributed by atoms with Crippen LogP contribution in [0, 0.1) is 0 Å². The number of hydrogen-bond donors (Lipinski definition) is 2. The highest BCUT2D eigenvalue weighted by Crippen LogP contribution is 2.11. The van der Waals surface area contributed by atoms with E-state index in [-0.39, 0.29) is 17.4 Å². The number of carboxylic acid groups (broad SMARTS) is 1. The first-order chi connectivity index (χ1) is 9.46. The maximum absolute atomic E-state index is 12.0. The second kappa shape index (κ2) is 6.34. The fourth-order valence-corrected chi connectivity index (χ4v) is 3.50. The third kappa shape index (κ3) is 4.29. The van der Waals surface area contributed by atoms with Crippen molar-refractivity contribution >= 4 is 16.0 Å². The fourth-order valence-electron chi connectivity index (χ4n) is 2.09. The molecule has 1 aromatic rings. The Morgan fingerprint density at radius 3 is 2.60 bits per heavy atom. The molecule has 0 radical (unpaired) electrons. The van der Waals surface area contributed by atoms with Crippen molar-refractivity contribution in [1.29, 1.82) is 0 Å². The molecule has 0 saturated carbocycles. The first-order valence-corrected chi connectivity index (χ1v) is 8.01. The minimum atomic E-state index is -3.44. The summed E-state index contributed by atoms with van der Waals surface area (Å²) >= 11 is 0. The number of sulfonamides is 1. The van der Waals surface area contributed by atoms with E-state index in [0.29, 0.717) is 18.8 Å². The van der Waals surface area contributed by atoms with Crippen LogP contribution in [0.4, 0.5) is 0 Å².